The molecule has 1 fully saturated rings. The van der Waals surface area contributed by atoms with Crippen LogP contribution >= 0.6 is 0 Å². The zero-order chi connectivity index (χ0) is 12.8. The van der Waals surface area contributed by atoms with Gasteiger partial charge in [-0.15, -0.1) is 0 Å². The monoisotopic (exact) mass is 246 g/mol. The molecule has 0 unspecified atom stereocenters. The molecule has 1 amide bonds. The van der Waals surface area contributed by atoms with Crippen molar-refractivity contribution in [1.82, 2.24) is 5.32 Å². The minimum atomic E-state index is 0.0384. The molecule has 18 heavy (non-hydrogen) atoms. The predicted molar refractivity (Wildman–Crippen MR) is 75.1 cm³/mol. The van der Waals surface area contributed by atoms with Gasteiger partial charge >= 0.3 is 0 Å². The van der Waals surface area contributed by atoms with Gasteiger partial charge in [0.15, 0.2) is 0 Å². The molecular weight excluding hydrogens is 224 g/mol. The summed E-state index contributed by atoms with van der Waals surface area (Å²) < 4.78 is 0. The molecule has 0 atom stereocenters. The molecule has 0 saturated carbocycles. The Balaban J connectivity index is 1.92. The maximum absolute atomic E-state index is 11.8. The number of anilines is 1. The summed E-state index contributed by atoms with van der Waals surface area (Å²) in [6, 6.07) is 7.96. The van der Waals surface area contributed by atoms with Gasteiger partial charge in [0.1, 0.15) is 0 Å². The van der Waals surface area contributed by atoms with E-state index in [2.05, 4.69) is 29.3 Å². The molecule has 1 aromatic rings. The Bertz CT molecular complexity index is 380. The first kappa shape index (κ1) is 12.9. The van der Waals surface area contributed by atoms with E-state index in [4.69, 9.17) is 0 Å². The summed E-state index contributed by atoms with van der Waals surface area (Å²) in [5.41, 5.74) is 1.99. The van der Waals surface area contributed by atoms with Crippen LogP contribution in [0.15, 0.2) is 24.3 Å². The standard InChI is InChI=1S/C15H22N2O/c1-2-3-10-16-15(18)13-6-8-14(9-7-13)17-11-4-5-12-17/h6-9H,2-5,10-12H2,1H3,(H,16,18). The Labute approximate surface area is 109 Å². The molecule has 1 aliphatic rings. The van der Waals surface area contributed by atoms with Gasteiger partial charge in [-0.05, 0) is 43.5 Å². The molecule has 1 heterocycles. The Morgan fingerprint density at radius 3 is 2.50 bits per heavy atom. The van der Waals surface area contributed by atoms with Gasteiger partial charge in [-0.1, -0.05) is 13.3 Å². The van der Waals surface area contributed by atoms with Gasteiger partial charge in [0.05, 0.1) is 0 Å². The maximum Gasteiger partial charge on any atom is 0.251 e. The highest BCUT2D eigenvalue weighted by molar-refractivity contribution is 5.94. The minimum Gasteiger partial charge on any atom is -0.372 e. The molecule has 1 aromatic carbocycles. The van der Waals surface area contributed by atoms with E-state index in [1.165, 1.54) is 18.5 Å². The van der Waals surface area contributed by atoms with Crippen LogP contribution in [0.4, 0.5) is 5.69 Å². The van der Waals surface area contributed by atoms with Crippen molar-refractivity contribution in [2.45, 2.75) is 32.6 Å². The average molecular weight is 246 g/mol. The summed E-state index contributed by atoms with van der Waals surface area (Å²) in [5.74, 6) is 0.0384. The fraction of sp³-hybridized carbons (Fsp3) is 0.533. The summed E-state index contributed by atoms with van der Waals surface area (Å²) in [6.07, 6.45) is 4.70. The van der Waals surface area contributed by atoms with Crippen molar-refractivity contribution in [2.75, 3.05) is 24.5 Å². The topological polar surface area (TPSA) is 32.3 Å². The van der Waals surface area contributed by atoms with Gasteiger partial charge in [0.25, 0.3) is 5.91 Å². The van der Waals surface area contributed by atoms with Gasteiger partial charge < -0.3 is 10.2 Å². The van der Waals surface area contributed by atoms with E-state index in [0.29, 0.717) is 0 Å². The van der Waals surface area contributed by atoms with E-state index < -0.39 is 0 Å². The zero-order valence-corrected chi connectivity index (χ0v) is 11.1. The van der Waals surface area contributed by atoms with E-state index in [0.717, 1.165) is 38.0 Å². The molecule has 1 aliphatic heterocycles. The van der Waals surface area contributed by atoms with Gasteiger partial charge in [-0.3, -0.25) is 4.79 Å². The fourth-order valence-corrected chi connectivity index (χ4v) is 2.28. The van der Waals surface area contributed by atoms with Gasteiger partial charge in [0.2, 0.25) is 0 Å². The second-order valence-corrected chi connectivity index (χ2v) is 4.85. The lowest BCUT2D eigenvalue weighted by Gasteiger charge is -2.17. The van der Waals surface area contributed by atoms with Gasteiger partial charge in [-0.25, -0.2) is 0 Å². The van der Waals surface area contributed by atoms with Crippen molar-refractivity contribution in [3.8, 4) is 0 Å². The van der Waals surface area contributed by atoms with Crippen LogP contribution in [0.3, 0.4) is 0 Å². The highest BCUT2D eigenvalue weighted by Gasteiger charge is 2.12. The summed E-state index contributed by atoms with van der Waals surface area (Å²) in [5, 5.41) is 2.94. The minimum absolute atomic E-state index is 0.0384. The SMILES string of the molecule is CCCCNC(=O)c1ccc(N2CCCC2)cc1. The normalized spacial score (nSPS) is 14.8. The Hall–Kier alpha value is -1.51. The summed E-state index contributed by atoms with van der Waals surface area (Å²) >= 11 is 0. The first-order chi connectivity index (χ1) is 8.81. The molecule has 3 heteroatoms. The van der Waals surface area contributed by atoms with E-state index in [1.807, 2.05) is 12.1 Å². The average Bonchev–Trinajstić information content (AvgIpc) is 2.93. The highest BCUT2D eigenvalue weighted by atomic mass is 16.1. The van der Waals surface area contributed by atoms with Gasteiger partial charge in [0, 0.05) is 30.9 Å². The fourth-order valence-electron chi connectivity index (χ4n) is 2.28. The number of carbonyl (C=O) groups is 1. The summed E-state index contributed by atoms with van der Waals surface area (Å²) in [6.45, 7) is 5.17. The molecule has 3 nitrogen and oxygen atoms in total. The zero-order valence-electron chi connectivity index (χ0n) is 11.1. The number of hydrogen-bond donors (Lipinski definition) is 1. The van der Waals surface area contributed by atoms with E-state index >= 15 is 0 Å². The quantitative estimate of drug-likeness (QED) is 0.810. The molecule has 1 saturated heterocycles. The lowest BCUT2D eigenvalue weighted by atomic mass is 10.2. The van der Waals surface area contributed by atoms with Gasteiger partial charge in [-0.2, -0.15) is 0 Å². The van der Waals surface area contributed by atoms with Crippen LogP contribution in [0.2, 0.25) is 0 Å². The van der Waals surface area contributed by atoms with Crippen molar-refractivity contribution >= 4 is 11.6 Å². The molecular formula is C15H22N2O. The Morgan fingerprint density at radius 2 is 1.89 bits per heavy atom. The lowest BCUT2D eigenvalue weighted by molar-refractivity contribution is 0.0953. The van der Waals surface area contributed by atoms with Crippen molar-refractivity contribution < 1.29 is 4.79 Å². The molecule has 0 radical (unpaired) electrons. The number of nitrogens with zero attached hydrogens (tertiary/aromatic N) is 1. The number of nitrogens with one attached hydrogen (secondary N) is 1. The third-order valence-corrected chi connectivity index (χ3v) is 3.42. The number of hydrogen-bond acceptors (Lipinski definition) is 2. The van der Waals surface area contributed by atoms with Crippen LogP contribution in [0.5, 0.6) is 0 Å². The number of unbranched alkanes of at least 4 members (excludes halogenated alkanes) is 1. The van der Waals surface area contributed by atoms with E-state index in [1.54, 1.807) is 0 Å². The van der Waals surface area contributed by atoms with Crippen molar-refractivity contribution in [3.63, 3.8) is 0 Å². The Morgan fingerprint density at radius 1 is 1.22 bits per heavy atom. The smallest absolute Gasteiger partial charge is 0.251 e. The van der Waals surface area contributed by atoms with E-state index in [-0.39, 0.29) is 5.91 Å². The first-order valence-corrected chi connectivity index (χ1v) is 6.94. The number of rotatable bonds is 5. The third-order valence-electron chi connectivity index (χ3n) is 3.42. The lowest BCUT2D eigenvalue weighted by Crippen LogP contribution is -2.24. The van der Waals surface area contributed by atoms with E-state index in [9.17, 15) is 4.79 Å². The number of amides is 1. The van der Waals surface area contributed by atoms with Crippen LogP contribution in [0.1, 0.15) is 43.0 Å². The highest BCUT2D eigenvalue weighted by Crippen LogP contribution is 2.20. The van der Waals surface area contributed by atoms with Crippen LogP contribution in [0.25, 0.3) is 0 Å². The molecule has 0 aliphatic carbocycles. The van der Waals surface area contributed by atoms with Crippen molar-refractivity contribution in [3.05, 3.63) is 29.8 Å². The number of benzene rings is 1. The van der Waals surface area contributed by atoms with Crippen molar-refractivity contribution in [1.29, 1.82) is 0 Å². The van der Waals surface area contributed by atoms with Crippen molar-refractivity contribution in [2.24, 2.45) is 0 Å². The third kappa shape index (κ3) is 3.25. The summed E-state index contributed by atoms with van der Waals surface area (Å²) in [4.78, 5) is 14.2. The predicted octanol–water partition coefficient (Wildman–Crippen LogP) is 2.82. The van der Waals surface area contributed by atoms with Crippen LogP contribution in [-0.4, -0.2) is 25.5 Å². The molecule has 0 bridgehead atoms. The molecule has 98 valence electrons. The maximum atomic E-state index is 11.8. The Kier molecular flexibility index (Phi) is 4.62. The molecule has 1 N–H and O–H groups in total. The largest absolute Gasteiger partial charge is 0.372 e. The number of carbonyl (C=O) groups excluding carboxylic acids is 1. The molecule has 2 rings (SSSR count). The van der Waals surface area contributed by atoms with Crippen LogP contribution < -0.4 is 10.2 Å². The molecule has 0 aromatic heterocycles. The second kappa shape index (κ2) is 6.43. The second-order valence-electron chi connectivity index (χ2n) is 4.85. The summed E-state index contributed by atoms with van der Waals surface area (Å²) in [7, 11) is 0. The first-order valence-electron chi connectivity index (χ1n) is 6.94. The van der Waals surface area contributed by atoms with Crippen LogP contribution in [0, 0.1) is 0 Å². The van der Waals surface area contributed by atoms with Crippen LogP contribution in [-0.2, 0) is 0 Å². The molecule has 0 spiro atoms.